The molecule has 1 aliphatic carbocycles. The van der Waals surface area contributed by atoms with E-state index < -0.39 is 5.97 Å². The summed E-state index contributed by atoms with van der Waals surface area (Å²) >= 11 is 0. The third-order valence-corrected chi connectivity index (χ3v) is 6.87. The molecule has 8 nitrogen and oxygen atoms in total. The number of pyridine rings is 2. The normalized spacial score (nSPS) is 13.7. The molecule has 1 fully saturated rings. The number of fused-ring (bicyclic) bond motifs is 2. The van der Waals surface area contributed by atoms with E-state index in [2.05, 4.69) is 17.1 Å². The summed E-state index contributed by atoms with van der Waals surface area (Å²) in [6, 6.07) is 17.6. The number of aliphatic carboxylic acids is 1. The van der Waals surface area contributed by atoms with Crippen LogP contribution in [0.3, 0.4) is 0 Å². The minimum absolute atomic E-state index is 0.0990. The van der Waals surface area contributed by atoms with E-state index in [1.165, 1.54) is 6.42 Å². The van der Waals surface area contributed by atoms with Crippen molar-refractivity contribution < 1.29 is 14.6 Å². The van der Waals surface area contributed by atoms with Crippen molar-refractivity contribution in [1.82, 2.24) is 19.7 Å². The van der Waals surface area contributed by atoms with Gasteiger partial charge in [0, 0.05) is 34.3 Å². The molecule has 5 aromatic rings. The highest BCUT2D eigenvalue weighted by molar-refractivity contribution is 6.02. The van der Waals surface area contributed by atoms with Crippen molar-refractivity contribution in [2.45, 2.75) is 38.3 Å². The van der Waals surface area contributed by atoms with Crippen LogP contribution in [0.5, 0.6) is 5.75 Å². The topological polar surface area (TPSA) is 116 Å². The average molecular weight is 480 g/mol. The Kier molecular flexibility index (Phi) is 5.48. The first-order valence-electron chi connectivity index (χ1n) is 12.0. The summed E-state index contributed by atoms with van der Waals surface area (Å²) in [6.07, 6.45) is 6.85. The number of benzene rings is 2. The first-order chi connectivity index (χ1) is 17.6. The number of carbonyl (C=O) groups is 1. The van der Waals surface area contributed by atoms with Gasteiger partial charge in [0.1, 0.15) is 23.9 Å². The fourth-order valence-corrected chi connectivity index (χ4v) is 4.80. The fourth-order valence-electron chi connectivity index (χ4n) is 4.80. The number of ether oxygens (including phenoxy) is 1. The van der Waals surface area contributed by atoms with E-state index in [1.54, 1.807) is 18.3 Å². The molecular weight excluding hydrogens is 454 g/mol. The van der Waals surface area contributed by atoms with Crippen LogP contribution in [-0.4, -0.2) is 30.8 Å². The zero-order chi connectivity index (χ0) is 24.6. The van der Waals surface area contributed by atoms with Gasteiger partial charge in [-0.1, -0.05) is 36.4 Å². The molecule has 0 amide bonds. The minimum atomic E-state index is -0.898. The molecule has 0 radical (unpaired) electrons. The number of carboxylic acid groups (broad SMARTS) is 1. The summed E-state index contributed by atoms with van der Waals surface area (Å²) in [5.74, 6) is 0.146. The lowest BCUT2D eigenvalue weighted by Gasteiger charge is -2.25. The lowest BCUT2D eigenvalue weighted by molar-refractivity contribution is -0.136. The van der Waals surface area contributed by atoms with Crippen molar-refractivity contribution in [2.75, 3.05) is 5.73 Å². The van der Waals surface area contributed by atoms with Gasteiger partial charge in [0.15, 0.2) is 5.65 Å². The Morgan fingerprint density at radius 1 is 1.06 bits per heavy atom. The molecule has 0 saturated heterocycles. The number of nitrogens with two attached hydrogens (primary N) is 1. The molecule has 0 atom stereocenters. The molecule has 1 aliphatic rings. The van der Waals surface area contributed by atoms with E-state index >= 15 is 0 Å². The molecule has 2 aromatic carbocycles. The zero-order valence-corrected chi connectivity index (χ0v) is 19.6. The van der Waals surface area contributed by atoms with Crippen LogP contribution in [0.4, 0.5) is 5.82 Å². The Balaban J connectivity index is 1.42. The van der Waals surface area contributed by atoms with Gasteiger partial charge in [-0.3, -0.25) is 4.79 Å². The Hall–Kier alpha value is -4.46. The van der Waals surface area contributed by atoms with Gasteiger partial charge in [0.25, 0.3) is 0 Å². The van der Waals surface area contributed by atoms with Gasteiger partial charge in [-0.2, -0.15) is 5.10 Å². The number of rotatable bonds is 7. The van der Waals surface area contributed by atoms with Crippen LogP contribution in [-0.2, 0) is 17.8 Å². The third-order valence-electron chi connectivity index (χ3n) is 6.87. The Labute approximate surface area is 207 Å². The molecule has 1 saturated carbocycles. The molecule has 0 bridgehead atoms. The summed E-state index contributed by atoms with van der Waals surface area (Å²) in [7, 11) is 0. The largest absolute Gasteiger partial charge is 0.487 e. The van der Waals surface area contributed by atoms with Crippen molar-refractivity contribution in [1.29, 1.82) is 0 Å². The predicted octanol–water partition coefficient (Wildman–Crippen LogP) is 5.16. The number of carboxylic acids is 1. The van der Waals surface area contributed by atoms with Gasteiger partial charge < -0.3 is 15.6 Å². The van der Waals surface area contributed by atoms with Gasteiger partial charge in [-0.25, -0.2) is 14.6 Å². The second-order valence-electron chi connectivity index (χ2n) is 9.13. The Morgan fingerprint density at radius 3 is 2.72 bits per heavy atom. The summed E-state index contributed by atoms with van der Waals surface area (Å²) in [5.41, 5.74) is 10.3. The Bertz CT molecular complexity index is 1610. The minimum Gasteiger partial charge on any atom is -0.487 e. The maximum atomic E-state index is 11.3. The molecule has 3 N–H and O–H groups in total. The van der Waals surface area contributed by atoms with Gasteiger partial charge >= 0.3 is 5.97 Å². The number of aromatic nitrogens is 4. The number of anilines is 1. The van der Waals surface area contributed by atoms with E-state index in [1.807, 2.05) is 41.2 Å². The van der Waals surface area contributed by atoms with Crippen molar-refractivity contribution >= 4 is 33.6 Å². The van der Waals surface area contributed by atoms with Gasteiger partial charge in [-0.05, 0) is 48.4 Å². The van der Waals surface area contributed by atoms with Crippen LogP contribution in [0.2, 0.25) is 0 Å². The van der Waals surface area contributed by atoms with E-state index in [-0.39, 0.29) is 13.0 Å². The SMILES string of the molecule is Nc1nccc2c(-c3cnc4c(c3)c(COc3ccccc3CC(=O)O)nn4C3CCC3)cccc12. The van der Waals surface area contributed by atoms with Crippen LogP contribution < -0.4 is 10.5 Å². The van der Waals surface area contributed by atoms with Crippen molar-refractivity contribution in [3.8, 4) is 16.9 Å². The number of nitrogen functional groups attached to an aromatic ring is 1. The van der Waals surface area contributed by atoms with Crippen molar-refractivity contribution in [2.24, 2.45) is 0 Å². The first kappa shape index (κ1) is 22.0. The smallest absolute Gasteiger partial charge is 0.307 e. The van der Waals surface area contributed by atoms with E-state index in [9.17, 15) is 9.90 Å². The third kappa shape index (κ3) is 3.90. The Morgan fingerprint density at radius 2 is 1.92 bits per heavy atom. The summed E-state index contributed by atoms with van der Waals surface area (Å²) in [6.45, 7) is 0.213. The zero-order valence-electron chi connectivity index (χ0n) is 19.6. The molecule has 0 unspecified atom stereocenters. The fraction of sp³-hybridized carbons (Fsp3) is 0.214. The first-order valence-corrected chi connectivity index (χ1v) is 12.0. The van der Waals surface area contributed by atoms with Crippen molar-refractivity contribution in [3.63, 3.8) is 0 Å². The van der Waals surface area contributed by atoms with Gasteiger partial charge in [-0.15, -0.1) is 0 Å². The molecular formula is C28H25N5O3. The monoisotopic (exact) mass is 479 g/mol. The van der Waals surface area contributed by atoms with E-state index in [0.29, 0.717) is 23.2 Å². The lowest BCUT2D eigenvalue weighted by Crippen LogP contribution is -2.18. The average Bonchev–Trinajstić information content (AvgIpc) is 3.19. The highest BCUT2D eigenvalue weighted by Crippen LogP contribution is 2.36. The molecule has 8 heteroatoms. The summed E-state index contributed by atoms with van der Waals surface area (Å²) in [4.78, 5) is 20.3. The van der Waals surface area contributed by atoms with E-state index in [0.717, 1.165) is 51.5 Å². The second kappa shape index (κ2) is 8.96. The number of hydrogen-bond acceptors (Lipinski definition) is 6. The number of hydrogen-bond donors (Lipinski definition) is 2. The van der Waals surface area contributed by atoms with Gasteiger partial charge in [0.05, 0.1) is 12.5 Å². The maximum Gasteiger partial charge on any atom is 0.307 e. The van der Waals surface area contributed by atoms with Crippen LogP contribution >= 0.6 is 0 Å². The molecule has 3 aromatic heterocycles. The summed E-state index contributed by atoms with van der Waals surface area (Å²) < 4.78 is 8.14. The summed E-state index contributed by atoms with van der Waals surface area (Å²) in [5, 5.41) is 17.0. The molecule has 36 heavy (non-hydrogen) atoms. The molecule has 3 heterocycles. The molecule has 6 rings (SSSR count). The number of para-hydroxylation sites is 1. The van der Waals surface area contributed by atoms with Crippen molar-refractivity contribution in [3.05, 3.63) is 78.2 Å². The van der Waals surface area contributed by atoms with Crippen LogP contribution in [0, 0.1) is 0 Å². The quantitative estimate of drug-likeness (QED) is 0.331. The maximum absolute atomic E-state index is 11.3. The standard InChI is InChI=1S/C28H25N5O3/c29-27-22-9-4-8-20(21(22)11-12-30-27)18-13-23-24(32-33(19-6-3-7-19)28(23)31-15-18)16-36-25-10-2-1-5-17(25)14-26(34)35/h1-2,4-5,8-13,15,19H,3,6-7,14,16H2,(H2,29,30)(H,34,35). The van der Waals surface area contributed by atoms with Crippen LogP contribution in [0.15, 0.2) is 67.0 Å². The lowest BCUT2D eigenvalue weighted by atomic mass is 9.93. The number of nitrogens with zero attached hydrogens (tertiary/aromatic N) is 4. The van der Waals surface area contributed by atoms with Gasteiger partial charge in [0.2, 0.25) is 0 Å². The van der Waals surface area contributed by atoms with E-state index in [4.69, 9.17) is 20.6 Å². The van der Waals surface area contributed by atoms with Crippen LogP contribution in [0.1, 0.15) is 36.6 Å². The highest BCUT2D eigenvalue weighted by Gasteiger charge is 2.25. The second-order valence-corrected chi connectivity index (χ2v) is 9.13. The predicted molar refractivity (Wildman–Crippen MR) is 138 cm³/mol. The molecule has 0 aliphatic heterocycles. The van der Waals surface area contributed by atoms with Crippen LogP contribution in [0.25, 0.3) is 32.9 Å². The molecule has 180 valence electrons. The highest BCUT2D eigenvalue weighted by atomic mass is 16.5. The molecule has 0 spiro atoms.